The number of benzene rings is 3. The van der Waals surface area contributed by atoms with E-state index in [-0.39, 0.29) is 17.8 Å². The highest BCUT2D eigenvalue weighted by atomic mass is 32.2. The third-order valence-corrected chi connectivity index (χ3v) is 9.13. The summed E-state index contributed by atoms with van der Waals surface area (Å²) in [7, 11) is -3.33. The van der Waals surface area contributed by atoms with Gasteiger partial charge in [-0.2, -0.15) is 0 Å². The lowest BCUT2D eigenvalue weighted by molar-refractivity contribution is 0.323. The molecular weight excluding hydrogens is 442 g/mol. The number of fused-ring (bicyclic) bond motifs is 3. The Hall–Kier alpha value is -2.84. The first kappa shape index (κ1) is 19.8. The Bertz CT molecular complexity index is 1310. The van der Waals surface area contributed by atoms with Crippen molar-refractivity contribution >= 4 is 38.7 Å². The lowest BCUT2D eigenvalue weighted by atomic mass is 10.0. The van der Waals surface area contributed by atoms with Gasteiger partial charge in [0.1, 0.15) is 12.4 Å². The summed E-state index contributed by atoms with van der Waals surface area (Å²) in [5.41, 5.74) is 4.93. The van der Waals surface area contributed by atoms with Crippen molar-refractivity contribution in [2.24, 2.45) is 0 Å². The molecule has 0 radical (unpaired) electrons. The van der Waals surface area contributed by atoms with Gasteiger partial charge in [0, 0.05) is 22.9 Å². The summed E-state index contributed by atoms with van der Waals surface area (Å²) in [6.45, 7) is 1.51. The number of hydrogen-bond donors (Lipinski definition) is 3. The van der Waals surface area contributed by atoms with Gasteiger partial charge in [0.15, 0.2) is 9.84 Å². The Kier molecular flexibility index (Phi) is 4.73. The van der Waals surface area contributed by atoms with Gasteiger partial charge in [0.2, 0.25) is 0 Å². The van der Waals surface area contributed by atoms with Crippen LogP contribution in [0.2, 0.25) is 0 Å². The summed E-state index contributed by atoms with van der Waals surface area (Å²) < 4.78 is 31.4. The van der Waals surface area contributed by atoms with E-state index >= 15 is 0 Å². The van der Waals surface area contributed by atoms with Crippen LogP contribution in [-0.4, -0.2) is 33.1 Å². The number of anilines is 3. The van der Waals surface area contributed by atoms with Crippen LogP contribution in [0.5, 0.6) is 5.75 Å². The molecule has 2 atom stereocenters. The van der Waals surface area contributed by atoms with Crippen LogP contribution >= 0.6 is 11.8 Å². The van der Waals surface area contributed by atoms with Crippen molar-refractivity contribution in [2.45, 2.75) is 21.9 Å². The maximum absolute atomic E-state index is 12.8. The lowest BCUT2D eigenvalue weighted by Crippen LogP contribution is -2.28. The van der Waals surface area contributed by atoms with Gasteiger partial charge in [-0.3, -0.25) is 0 Å². The standard InChI is InChI=1S/C24H23N3O3S2/c28-32(29)14-21(26-17-3-1-2-4-24(17)32)16-6-8-23-19(12-16)27-20(13-31-23)15-5-7-22-18(11-15)25-9-10-30-22/h1-8,11-12,20-21,25-27H,9-10,13-14H2. The molecule has 3 heterocycles. The van der Waals surface area contributed by atoms with E-state index in [2.05, 4.69) is 40.2 Å². The van der Waals surface area contributed by atoms with Crippen molar-refractivity contribution in [1.82, 2.24) is 0 Å². The first-order valence-corrected chi connectivity index (χ1v) is 13.3. The number of nitrogens with one attached hydrogen (secondary N) is 3. The van der Waals surface area contributed by atoms with Gasteiger partial charge in [-0.1, -0.05) is 24.3 Å². The Morgan fingerprint density at radius 3 is 2.59 bits per heavy atom. The molecule has 6 rings (SSSR count). The zero-order chi connectivity index (χ0) is 21.7. The van der Waals surface area contributed by atoms with E-state index in [1.165, 1.54) is 10.5 Å². The van der Waals surface area contributed by atoms with Crippen molar-refractivity contribution in [2.75, 3.05) is 40.6 Å². The predicted molar refractivity (Wildman–Crippen MR) is 129 cm³/mol. The topological polar surface area (TPSA) is 79.5 Å². The van der Waals surface area contributed by atoms with E-state index in [0.717, 1.165) is 35.0 Å². The molecule has 164 valence electrons. The number of sulfone groups is 1. The summed E-state index contributed by atoms with van der Waals surface area (Å²) in [4.78, 5) is 1.57. The summed E-state index contributed by atoms with van der Waals surface area (Å²) in [5, 5.41) is 10.5. The molecule has 0 spiro atoms. The minimum Gasteiger partial charge on any atom is -0.490 e. The molecule has 2 unspecified atom stereocenters. The van der Waals surface area contributed by atoms with Crippen LogP contribution in [-0.2, 0) is 9.84 Å². The number of rotatable bonds is 2. The SMILES string of the molecule is O=S1(=O)CC(c2ccc3c(c2)NC(c2ccc4c(c2)NCCO4)CS3)Nc2ccccc21. The molecule has 0 saturated carbocycles. The summed E-state index contributed by atoms with van der Waals surface area (Å²) in [6.07, 6.45) is 0. The zero-order valence-corrected chi connectivity index (χ0v) is 18.9. The molecule has 3 N–H and O–H groups in total. The van der Waals surface area contributed by atoms with Crippen LogP contribution in [0, 0.1) is 0 Å². The Morgan fingerprint density at radius 1 is 0.875 bits per heavy atom. The third kappa shape index (κ3) is 3.47. The van der Waals surface area contributed by atoms with Crippen LogP contribution in [0.3, 0.4) is 0 Å². The zero-order valence-electron chi connectivity index (χ0n) is 17.3. The number of ether oxygens (including phenoxy) is 1. The summed E-state index contributed by atoms with van der Waals surface area (Å²) in [6, 6.07) is 19.5. The number of para-hydroxylation sites is 1. The van der Waals surface area contributed by atoms with Crippen LogP contribution in [0.1, 0.15) is 23.2 Å². The second kappa shape index (κ2) is 7.64. The number of hydrogen-bond acceptors (Lipinski definition) is 7. The van der Waals surface area contributed by atoms with Gasteiger partial charge in [0.05, 0.1) is 34.1 Å². The van der Waals surface area contributed by atoms with Crippen LogP contribution in [0.15, 0.2) is 70.5 Å². The highest BCUT2D eigenvalue weighted by molar-refractivity contribution is 7.99. The Morgan fingerprint density at radius 2 is 1.66 bits per heavy atom. The van der Waals surface area contributed by atoms with Gasteiger partial charge in [-0.25, -0.2) is 8.42 Å². The summed E-state index contributed by atoms with van der Waals surface area (Å²) >= 11 is 1.82. The quantitative estimate of drug-likeness (QED) is 0.507. The molecular formula is C24H23N3O3S2. The highest BCUT2D eigenvalue weighted by Gasteiger charge is 2.31. The van der Waals surface area contributed by atoms with Crippen molar-refractivity contribution in [3.8, 4) is 5.75 Å². The van der Waals surface area contributed by atoms with E-state index in [0.29, 0.717) is 17.2 Å². The van der Waals surface area contributed by atoms with Gasteiger partial charge < -0.3 is 20.7 Å². The second-order valence-electron chi connectivity index (χ2n) is 8.27. The molecule has 0 saturated heterocycles. The average Bonchev–Trinajstić information content (AvgIpc) is 2.82. The fourth-order valence-corrected chi connectivity index (χ4v) is 7.24. The molecule has 0 bridgehead atoms. The van der Waals surface area contributed by atoms with E-state index in [4.69, 9.17) is 4.74 Å². The first-order valence-electron chi connectivity index (χ1n) is 10.7. The highest BCUT2D eigenvalue weighted by Crippen LogP contribution is 2.42. The fourth-order valence-electron chi connectivity index (χ4n) is 4.54. The fraction of sp³-hybridized carbons (Fsp3) is 0.250. The lowest BCUT2D eigenvalue weighted by Gasteiger charge is -2.31. The van der Waals surface area contributed by atoms with Crippen LogP contribution < -0.4 is 20.7 Å². The van der Waals surface area contributed by atoms with Crippen molar-refractivity contribution < 1.29 is 13.2 Å². The number of thioether (sulfide) groups is 1. The minimum atomic E-state index is -3.33. The molecule has 32 heavy (non-hydrogen) atoms. The first-order chi connectivity index (χ1) is 15.6. The van der Waals surface area contributed by atoms with Gasteiger partial charge in [-0.15, -0.1) is 11.8 Å². The van der Waals surface area contributed by atoms with Crippen molar-refractivity contribution in [3.05, 3.63) is 71.8 Å². The molecule has 0 aromatic heterocycles. The van der Waals surface area contributed by atoms with Gasteiger partial charge in [0.25, 0.3) is 0 Å². The maximum Gasteiger partial charge on any atom is 0.182 e. The molecule has 3 aliphatic heterocycles. The normalized spacial score (nSPS) is 22.6. The van der Waals surface area contributed by atoms with Crippen molar-refractivity contribution in [1.29, 1.82) is 0 Å². The second-order valence-corrected chi connectivity index (χ2v) is 11.3. The largest absolute Gasteiger partial charge is 0.490 e. The Labute approximate surface area is 191 Å². The molecule has 8 heteroatoms. The molecule has 3 aliphatic rings. The summed E-state index contributed by atoms with van der Waals surface area (Å²) in [5.74, 6) is 1.88. The Balaban J connectivity index is 1.28. The maximum atomic E-state index is 12.8. The van der Waals surface area contributed by atoms with Gasteiger partial charge >= 0.3 is 0 Å². The average molecular weight is 466 g/mol. The molecule has 3 aromatic carbocycles. The van der Waals surface area contributed by atoms with E-state index in [9.17, 15) is 8.42 Å². The van der Waals surface area contributed by atoms with E-state index in [1.54, 1.807) is 12.1 Å². The van der Waals surface area contributed by atoms with E-state index < -0.39 is 9.84 Å². The third-order valence-electron chi connectivity index (χ3n) is 6.16. The van der Waals surface area contributed by atoms with Crippen LogP contribution in [0.25, 0.3) is 0 Å². The van der Waals surface area contributed by atoms with Gasteiger partial charge in [-0.05, 0) is 47.5 Å². The molecule has 0 aliphatic carbocycles. The molecule has 6 nitrogen and oxygen atoms in total. The smallest absolute Gasteiger partial charge is 0.182 e. The molecule has 0 amide bonds. The van der Waals surface area contributed by atoms with Crippen molar-refractivity contribution in [3.63, 3.8) is 0 Å². The predicted octanol–water partition coefficient (Wildman–Crippen LogP) is 4.69. The minimum absolute atomic E-state index is 0.0515. The van der Waals surface area contributed by atoms with E-state index in [1.807, 2.05) is 36.0 Å². The molecule has 0 fully saturated rings. The monoisotopic (exact) mass is 465 g/mol. The molecule has 3 aromatic rings. The van der Waals surface area contributed by atoms with Crippen LogP contribution in [0.4, 0.5) is 17.1 Å².